The number of fused-ring (bicyclic) bond motifs is 1. The molecule has 3 aromatic heterocycles. The van der Waals surface area contributed by atoms with E-state index in [0.29, 0.717) is 17.7 Å². The van der Waals surface area contributed by atoms with Crippen LogP contribution in [0.5, 0.6) is 5.88 Å². The normalized spacial score (nSPS) is 18.3. The maximum atomic E-state index is 5.20. The van der Waals surface area contributed by atoms with Gasteiger partial charge in [0.15, 0.2) is 5.65 Å². The van der Waals surface area contributed by atoms with Crippen LogP contribution in [-0.2, 0) is 0 Å². The van der Waals surface area contributed by atoms with E-state index < -0.39 is 0 Å². The highest BCUT2D eigenvalue weighted by molar-refractivity contribution is 5.39. The Kier molecular flexibility index (Phi) is 3.53. The van der Waals surface area contributed by atoms with Crippen LogP contribution in [0.3, 0.4) is 0 Å². The first-order chi connectivity index (χ1) is 11.3. The van der Waals surface area contributed by atoms with Gasteiger partial charge in [0, 0.05) is 37.5 Å². The van der Waals surface area contributed by atoms with Crippen molar-refractivity contribution in [3.63, 3.8) is 0 Å². The Morgan fingerprint density at radius 1 is 1.22 bits per heavy atom. The molecule has 0 spiro atoms. The number of anilines is 1. The van der Waals surface area contributed by atoms with Gasteiger partial charge in [0.05, 0.1) is 7.11 Å². The zero-order valence-corrected chi connectivity index (χ0v) is 13.0. The van der Waals surface area contributed by atoms with E-state index in [0.717, 1.165) is 37.4 Å². The molecular weight excluding hydrogens is 292 g/mol. The molecule has 7 heteroatoms. The SMILES string of the molecule is COc1ccnc(N2CCC[C@H](c3nnc4ccccn34)C2)n1. The number of pyridine rings is 1. The second kappa shape index (κ2) is 5.83. The predicted molar refractivity (Wildman–Crippen MR) is 85.8 cm³/mol. The van der Waals surface area contributed by atoms with E-state index in [1.807, 2.05) is 24.4 Å². The Hall–Kier alpha value is -2.70. The van der Waals surface area contributed by atoms with Crippen molar-refractivity contribution in [3.05, 3.63) is 42.5 Å². The Morgan fingerprint density at radius 2 is 2.17 bits per heavy atom. The van der Waals surface area contributed by atoms with Crippen LogP contribution in [-0.4, -0.2) is 44.8 Å². The molecule has 0 unspecified atom stereocenters. The average Bonchev–Trinajstić information content (AvgIpc) is 3.06. The smallest absolute Gasteiger partial charge is 0.228 e. The van der Waals surface area contributed by atoms with Crippen LogP contribution in [0.15, 0.2) is 36.7 Å². The van der Waals surface area contributed by atoms with Gasteiger partial charge >= 0.3 is 0 Å². The standard InChI is InChI=1S/C16H18N6O/c1-23-14-7-8-17-16(18-14)21-9-4-5-12(11-21)15-20-19-13-6-2-3-10-22(13)15/h2-3,6-8,10,12H,4-5,9,11H2,1H3/t12-/m0/s1. The fraction of sp³-hybridized carbons (Fsp3) is 0.375. The summed E-state index contributed by atoms with van der Waals surface area (Å²) in [6, 6.07) is 7.72. The minimum Gasteiger partial charge on any atom is -0.481 e. The fourth-order valence-electron chi connectivity index (χ4n) is 3.11. The number of hydrogen-bond acceptors (Lipinski definition) is 6. The van der Waals surface area contributed by atoms with Crippen molar-refractivity contribution in [1.29, 1.82) is 0 Å². The summed E-state index contributed by atoms with van der Waals surface area (Å²) in [4.78, 5) is 11.0. The lowest BCUT2D eigenvalue weighted by atomic mass is 9.97. The zero-order chi connectivity index (χ0) is 15.6. The Labute approximate surface area is 134 Å². The van der Waals surface area contributed by atoms with E-state index in [9.17, 15) is 0 Å². The van der Waals surface area contributed by atoms with Crippen LogP contribution < -0.4 is 9.64 Å². The van der Waals surface area contributed by atoms with Gasteiger partial charge in [-0.25, -0.2) is 4.98 Å². The van der Waals surface area contributed by atoms with Gasteiger partial charge in [0.25, 0.3) is 0 Å². The molecule has 4 rings (SSSR count). The van der Waals surface area contributed by atoms with Crippen molar-refractivity contribution >= 4 is 11.6 Å². The van der Waals surface area contributed by atoms with Crippen molar-refractivity contribution in [2.45, 2.75) is 18.8 Å². The van der Waals surface area contributed by atoms with Gasteiger partial charge < -0.3 is 9.64 Å². The Bertz CT molecular complexity index is 817. The number of aromatic nitrogens is 5. The second-order valence-corrected chi connectivity index (χ2v) is 5.67. The van der Waals surface area contributed by atoms with Crippen LogP contribution >= 0.6 is 0 Å². The Morgan fingerprint density at radius 3 is 3.09 bits per heavy atom. The number of methoxy groups -OCH3 is 1. The molecular formula is C16H18N6O. The second-order valence-electron chi connectivity index (χ2n) is 5.67. The molecule has 0 aromatic carbocycles. The Balaban J connectivity index is 1.61. The fourth-order valence-corrected chi connectivity index (χ4v) is 3.11. The van der Waals surface area contributed by atoms with Crippen LogP contribution in [0.1, 0.15) is 24.6 Å². The lowest BCUT2D eigenvalue weighted by Crippen LogP contribution is -2.36. The molecule has 1 aliphatic rings. The quantitative estimate of drug-likeness (QED) is 0.736. The number of nitrogens with zero attached hydrogens (tertiary/aromatic N) is 6. The van der Waals surface area contributed by atoms with Gasteiger partial charge in [0.1, 0.15) is 5.82 Å². The van der Waals surface area contributed by atoms with E-state index >= 15 is 0 Å². The van der Waals surface area contributed by atoms with Gasteiger partial charge in [-0.15, -0.1) is 10.2 Å². The zero-order valence-electron chi connectivity index (χ0n) is 13.0. The summed E-state index contributed by atoms with van der Waals surface area (Å²) >= 11 is 0. The van der Waals surface area contributed by atoms with Gasteiger partial charge in [-0.2, -0.15) is 4.98 Å². The third-order valence-electron chi connectivity index (χ3n) is 4.24. The summed E-state index contributed by atoms with van der Waals surface area (Å²) in [5.41, 5.74) is 0.886. The molecule has 0 bridgehead atoms. The first-order valence-electron chi connectivity index (χ1n) is 7.77. The summed E-state index contributed by atoms with van der Waals surface area (Å²) in [5.74, 6) is 2.62. The topological polar surface area (TPSA) is 68.4 Å². The molecule has 0 amide bonds. The van der Waals surface area contributed by atoms with Crippen LogP contribution in [0.25, 0.3) is 5.65 Å². The highest BCUT2D eigenvalue weighted by Crippen LogP contribution is 2.28. The number of hydrogen-bond donors (Lipinski definition) is 0. The van der Waals surface area contributed by atoms with E-state index in [1.54, 1.807) is 19.4 Å². The molecule has 1 atom stereocenters. The van der Waals surface area contributed by atoms with Gasteiger partial charge in [-0.3, -0.25) is 4.40 Å². The maximum Gasteiger partial charge on any atom is 0.228 e. The van der Waals surface area contributed by atoms with Gasteiger partial charge in [-0.1, -0.05) is 6.07 Å². The van der Waals surface area contributed by atoms with Crippen molar-refractivity contribution in [1.82, 2.24) is 24.6 Å². The maximum absolute atomic E-state index is 5.20. The van der Waals surface area contributed by atoms with Crippen LogP contribution in [0.2, 0.25) is 0 Å². The summed E-state index contributed by atoms with van der Waals surface area (Å²) in [7, 11) is 1.62. The molecule has 0 aliphatic carbocycles. The monoisotopic (exact) mass is 310 g/mol. The molecule has 1 fully saturated rings. The molecule has 4 heterocycles. The minimum absolute atomic E-state index is 0.316. The van der Waals surface area contributed by atoms with E-state index in [4.69, 9.17) is 4.74 Å². The van der Waals surface area contributed by atoms with E-state index in [2.05, 4.69) is 29.5 Å². The highest BCUT2D eigenvalue weighted by atomic mass is 16.5. The predicted octanol–water partition coefficient (Wildman–Crippen LogP) is 1.91. The largest absolute Gasteiger partial charge is 0.481 e. The third kappa shape index (κ3) is 2.58. The molecule has 0 saturated carbocycles. The summed E-state index contributed by atoms with van der Waals surface area (Å²) in [6.07, 6.45) is 5.92. The number of rotatable bonds is 3. The van der Waals surface area contributed by atoms with E-state index in [1.165, 1.54) is 0 Å². The van der Waals surface area contributed by atoms with Crippen molar-refractivity contribution in [2.75, 3.05) is 25.1 Å². The summed E-state index contributed by atoms with van der Waals surface area (Å²) in [6.45, 7) is 1.78. The molecule has 3 aromatic rings. The lowest BCUT2D eigenvalue weighted by Gasteiger charge is -2.31. The number of piperidine rings is 1. The summed E-state index contributed by atoms with van der Waals surface area (Å²) in [5, 5.41) is 8.66. The van der Waals surface area contributed by atoms with Gasteiger partial charge in [0.2, 0.25) is 11.8 Å². The molecule has 1 aliphatic heterocycles. The average molecular weight is 310 g/mol. The third-order valence-corrected chi connectivity index (χ3v) is 4.24. The number of ether oxygens (including phenoxy) is 1. The molecule has 0 radical (unpaired) electrons. The molecule has 0 N–H and O–H groups in total. The van der Waals surface area contributed by atoms with Crippen LogP contribution in [0, 0.1) is 0 Å². The summed E-state index contributed by atoms with van der Waals surface area (Å²) < 4.78 is 7.27. The molecule has 1 saturated heterocycles. The van der Waals surface area contributed by atoms with Crippen LogP contribution in [0.4, 0.5) is 5.95 Å². The van der Waals surface area contributed by atoms with Crippen molar-refractivity contribution in [3.8, 4) is 5.88 Å². The van der Waals surface area contributed by atoms with Crippen molar-refractivity contribution < 1.29 is 4.74 Å². The molecule has 23 heavy (non-hydrogen) atoms. The van der Waals surface area contributed by atoms with Crippen molar-refractivity contribution in [2.24, 2.45) is 0 Å². The van der Waals surface area contributed by atoms with E-state index in [-0.39, 0.29) is 0 Å². The molecule has 7 nitrogen and oxygen atoms in total. The van der Waals surface area contributed by atoms with Gasteiger partial charge in [-0.05, 0) is 25.0 Å². The first-order valence-corrected chi connectivity index (χ1v) is 7.77. The minimum atomic E-state index is 0.316. The lowest BCUT2D eigenvalue weighted by molar-refractivity contribution is 0.395. The molecule has 118 valence electrons. The first kappa shape index (κ1) is 13.9. The highest BCUT2D eigenvalue weighted by Gasteiger charge is 2.26.